The Kier molecular flexibility index (Phi) is 7.49. The fraction of sp³-hybridized carbons (Fsp3) is 0.444. The number of hydrogen-bond acceptors (Lipinski definition) is 4. The zero-order valence-electron chi connectivity index (χ0n) is 21.5. The number of aromatic nitrogens is 2. The topological polar surface area (TPSA) is 64.4 Å². The molecule has 6 nitrogen and oxygen atoms in total. The Morgan fingerprint density at radius 2 is 1.84 bits per heavy atom. The van der Waals surface area contributed by atoms with Crippen LogP contribution >= 0.6 is 11.6 Å². The first kappa shape index (κ1) is 27.9. The highest BCUT2D eigenvalue weighted by Crippen LogP contribution is 2.40. The molecule has 1 saturated carbocycles. The Labute approximate surface area is 222 Å². The van der Waals surface area contributed by atoms with Crippen LogP contribution in [0.5, 0.6) is 0 Å². The van der Waals surface area contributed by atoms with Crippen LogP contribution in [0.15, 0.2) is 30.3 Å². The summed E-state index contributed by atoms with van der Waals surface area (Å²) in [6.45, 7) is 6.76. The summed E-state index contributed by atoms with van der Waals surface area (Å²) in [7, 11) is 0. The van der Waals surface area contributed by atoms with E-state index in [9.17, 15) is 27.2 Å². The van der Waals surface area contributed by atoms with Crippen molar-refractivity contribution >= 4 is 34.4 Å². The molecule has 0 spiro atoms. The Bertz CT molecular complexity index is 1390. The lowest BCUT2D eigenvalue weighted by Gasteiger charge is -2.23. The van der Waals surface area contributed by atoms with Crippen LogP contribution in [0.2, 0.25) is 5.02 Å². The molecule has 11 heteroatoms. The van der Waals surface area contributed by atoms with Crippen LogP contribution < -0.4 is 0 Å². The number of nitrogens with zero attached hydrogens (tertiary/aromatic N) is 3. The summed E-state index contributed by atoms with van der Waals surface area (Å²) in [4.78, 5) is 26.8. The number of alkyl halides is 3. The molecule has 4 rings (SSSR count). The first-order valence-corrected chi connectivity index (χ1v) is 12.6. The first-order valence-electron chi connectivity index (χ1n) is 12.2. The second-order valence-corrected chi connectivity index (χ2v) is 10.7. The number of amides is 1. The van der Waals surface area contributed by atoms with E-state index < -0.39 is 29.1 Å². The number of fused-ring (bicyclic) bond motifs is 1. The van der Waals surface area contributed by atoms with Crippen LogP contribution in [-0.2, 0) is 33.6 Å². The SMILES string of the molecule is CCN(Cc1cc(C(F)(F)F)ccc1-c1nn(CC(=O)OC(C)(C)C)c2ccc(F)c(Cl)c12)C(=O)C1CC1. The molecule has 1 heterocycles. The number of carbonyl (C=O) groups excluding carboxylic acids is 2. The van der Waals surface area contributed by atoms with Gasteiger partial charge in [-0.1, -0.05) is 17.7 Å². The lowest BCUT2D eigenvalue weighted by molar-refractivity contribution is -0.155. The van der Waals surface area contributed by atoms with E-state index in [0.717, 1.165) is 31.0 Å². The molecule has 0 radical (unpaired) electrons. The van der Waals surface area contributed by atoms with Crippen LogP contribution in [0.25, 0.3) is 22.2 Å². The van der Waals surface area contributed by atoms with Gasteiger partial charge in [-0.2, -0.15) is 18.3 Å². The maximum Gasteiger partial charge on any atom is 0.416 e. The van der Waals surface area contributed by atoms with E-state index >= 15 is 0 Å². The minimum atomic E-state index is -4.62. The highest BCUT2D eigenvalue weighted by Gasteiger charge is 2.35. The van der Waals surface area contributed by atoms with Crippen LogP contribution in [-0.4, -0.2) is 38.7 Å². The molecule has 0 unspecified atom stereocenters. The van der Waals surface area contributed by atoms with Crippen molar-refractivity contribution in [3.8, 4) is 11.3 Å². The smallest absolute Gasteiger partial charge is 0.416 e. The summed E-state index contributed by atoms with van der Waals surface area (Å²) >= 11 is 6.34. The number of ether oxygens (including phenoxy) is 1. The quantitative estimate of drug-likeness (QED) is 0.244. The van der Waals surface area contributed by atoms with Crippen LogP contribution in [0.4, 0.5) is 17.6 Å². The molecule has 2 aromatic carbocycles. The number of esters is 1. The van der Waals surface area contributed by atoms with Gasteiger partial charge in [-0.25, -0.2) is 4.39 Å². The minimum Gasteiger partial charge on any atom is -0.459 e. The van der Waals surface area contributed by atoms with E-state index in [4.69, 9.17) is 16.3 Å². The van der Waals surface area contributed by atoms with Crippen molar-refractivity contribution in [2.24, 2.45) is 5.92 Å². The summed E-state index contributed by atoms with van der Waals surface area (Å²) in [6.07, 6.45) is -3.12. The predicted octanol–water partition coefficient (Wildman–Crippen LogP) is 6.61. The van der Waals surface area contributed by atoms with Gasteiger partial charge in [0.1, 0.15) is 23.7 Å². The molecular formula is C27H28ClF4N3O3. The number of rotatable bonds is 7. The predicted molar refractivity (Wildman–Crippen MR) is 135 cm³/mol. The van der Waals surface area contributed by atoms with Gasteiger partial charge in [-0.3, -0.25) is 14.3 Å². The zero-order valence-corrected chi connectivity index (χ0v) is 22.2. The Balaban J connectivity index is 1.87. The fourth-order valence-electron chi connectivity index (χ4n) is 4.28. The summed E-state index contributed by atoms with van der Waals surface area (Å²) < 4.78 is 62.2. The molecule has 1 fully saturated rings. The number of hydrogen-bond donors (Lipinski definition) is 0. The molecule has 0 N–H and O–H groups in total. The molecule has 1 amide bonds. The molecular weight excluding hydrogens is 526 g/mol. The molecule has 0 aliphatic heterocycles. The third-order valence-corrected chi connectivity index (χ3v) is 6.55. The maximum absolute atomic E-state index is 14.6. The van der Waals surface area contributed by atoms with Gasteiger partial charge in [0.25, 0.3) is 0 Å². The normalized spacial score (nSPS) is 14.1. The van der Waals surface area contributed by atoms with Crippen molar-refractivity contribution in [1.29, 1.82) is 0 Å². The Morgan fingerprint density at radius 1 is 1.16 bits per heavy atom. The number of halogens is 5. The van der Waals surface area contributed by atoms with Gasteiger partial charge in [0, 0.05) is 30.0 Å². The van der Waals surface area contributed by atoms with Gasteiger partial charge < -0.3 is 9.64 Å². The average Bonchev–Trinajstić information content (AvgIpc) is 3.60. The summed E-state index contributed by atoms with van der Waals surface area (Å²) in [5.74, 6) is -1.60. The van der Waals surface area contributed by atoms with Crippen molar-refractivity contribution in [2.45, 2.75) is 65.4 Å². The van der Waals surface area contributed by atoms with Crippen molar-refractivity contribution in [3.63, 3.8) is 0 Å². The monoisotopic (exact) mass is 553 g/mol. The Morgan fingerprint density at radius 3 is 2.42 bits per heavy atom. The molecule has 1 aliphatic rings. The molecule has 1 aliphatic carbocycles. The standard InChI is InChI=1S/C27H28ClF4N3O3/c1-5-34(25(37)15-6-7-15)13-16-12-17(27(30,31)32)8-9-18(16)24-22-20(11-10-19(29)23(22)28)35(33-24)14-21(36)38-26(2,3)4/h8-12,15H,5-7,13-14H2,1-4H3. The summed E-state index contributed by atoms with van der Waals surface area (Å²) in [6, 6.07) is 5.65. The lowest BCUT2D eigenvalue weighted by Crippen LogP contribution is -2.31. The molecule has 0 atom stereocenters. The van der Waals surface area contributed by atoms with Crippen molar-refractivity contribution < 1.29 is 31.9 Å². The summed E-state index contributed by atoms with van der Waals surface area (Å²) in [5.41, 5.74) is -0.803. The van der Waals surface area contributed by atoms with Crippen LogP contribution in [0.1, 0.15) is 51.7 Å². The molecule has 0 saturated heterocycles. The Hall–Kier alpha value is -3.14. The third-order valence-electron chi connectivity index (χ3n) is 6.18. The second-order valence-electron chi connectivity index (χ2n) is 10.3. The molecule has 3 aromatic rings. The minimum absolute atomic E-state index is 0.0988. The second kappa shape index (κ2) is 10.2. The van der Waals surface area contributed by atoms with Crippen molar-refractivity contribution in [1.82, 2.24) is 14.7 Å². The number of benzene rings is 2. The molecule has 1 aromatic heterocycles. The molecule has 204 valence electrons. The lowest BCUT2D eigenvalue weighted by atomic mass is 9.98. The highest BCUT2D eigenvalue weighted by atomic mass is 35.5. The van der Waals surface area contributed by atoms with Gasteiger partial charge in [0.2, 0.25) is 5.91 Å². The van der Waals surface area contributed by atoms with Crippen molar-refractivity contribution in [3.05, 3.63) is 52.3 Å². The fourth-order valence-corrected chi connectivity index (χ4v) is 4.53. The van der Waals surface area contributed by atoms with E-state index in [1.54, 1.807) is 27.7 Å². The van der Waals surface area contributed by atoms with Crippen LogP contribution in [0, 0.1) is 11.7 Å². The molecule has 0 bridgehead atoms. The van der Waals surface area contributed by atoms with Gasteiger partial charge in [0.15, 0.2) is 0 Å². The first-order chi connectivity index (χ1) is 17.7. The van der Waals surface area contributed by atoms with E-state index in [1.807, 2.05) is 0 Å². The highest BCUT2D eigenvalue weighted by molar-refractivity contribution is 6.36. The van der Waals surface area contributed by atoms with Crippen molar-refractivity contribution in [2.75, 3.05) is 6.54 Å². The van der Waals surface area contributed by atoms with Gasteiger partial charge in [-0.15, -0.1) is 0 Å². The average molecular weight is 554 g/mol. The van der Waals surface area contributed by atoms with E-state index in [-0.39, 0.29) is 52.1 Å². The third kappa shape index (κ3) is 5.95. The van der Waals surface area contributed by atoms with E-state index in [1.165, 1.54) is 21.7 Å². The van der Waals surface area contributed by atoms with E-state index in [2.05, 4.69) is 5.10 Å². The largest absolute Gasteiger partial charge is 0.459 e. The van der Waals surface area contributed by atoms with Crippen LogP contribution in [0.3, 0.4) is 0 Å². The maximum atomic E-state index is 14.6. The van der Waals surface area contributed by atoms with E-state index in [0.29, 0.717) is 12.1 Å². The van der Waals surface area contributed by atoms with Gasteiger partial charge in [0.05, 0.1) is 16.1 Å². The molecule has 38 heavy (non-hydrogen) atoms. The van der Waals surface area contributed by atoms with Gasteiger partial charge in [-0.05, 0) is 70.4 Å². The van der Waals surface area contributed by atoms with Gasteiger partial charge >= 0.3 is 12.1 Å². The zero-order chi connectivity index (χ0) is 28.0. The number of carbonyl (C=O) groups is 2. The summed E-state index contributed by atoms with van der Waals surface area (Å²) in [5, 5.41) is 4.36.